The van der Waals surface area contributed by atoms with E-state index in [0.717, 1.165) is 32.5 Å². The number of piperidine rings is 1. The lowest BCUT2D eigenvalue weighted by Gasteiger charge is -2.54. The van der Waals surface area contributed by atoms with Crippen molar-refractivity contribution in [2.24, 2.45) is 5.41 Å². The van der Waals surface area contributed by atoms with Crippen molar-refractivity contribution in [3.05, 3.63) is 0 Å². The number of rotatable bonds is 3. The number of likely N-dealkylation sites (N-methyl/N-ethyl adjacent to an activating group) is 1. The van der Waals surface area contributed by atoms with Crippen molar-refractivity contribution in [1.29, 1.82) is 0 Å². The second-order valence-corrected chi connectivity index (χ2v) is 7.21. The molecule has 1 N–H and O–H groups in total. The molecule has 10 heteroatoms. The summed E-state index contributed by atoms with van der Waals surface area (Å²) in [4.78, 5) is 38.7. The van der Waals surface area contributed by atoms with Crippen LogP contribution in [0.15, 0.2) is 0 Å². The van der Waals surface area contributed by atoms with E-state index in [1.807, 2.05) is 4.90 Å². The molecule has 1 spiro atoms. The quantitative estimate of drug-likeness (QED) is 0.739. The van der Waals surface area contributed by atoms with Crippen LogP contribution < -0.4 is 0 Å². The molecule has 1 unspecified atom stereocenters. The van der Waals surface area contributed by atoms with Gasteiger partial charge in [0.25, 0.3) is 0 Å². The Morgan fingerprint density at radius 2 is 1.81 bits per heavy atom. The number of amides is 2. The number of halogens is 3. The topological polar surface area (TPSA) is 81.2 Å². The van der Waals surface area contributed by atoms with Gasteiger partial charge in [-0.1, -0.05) is 0 Å². The highest BCUT2D eigenvalue weighted by molar-refractivity contribution is 5.89. The van der Waals surface area contributed by atoms with E-state index >= 15 is 0 Å². The number of carboxylic acid groups (broad SMARTS) is 1. The van der Waals surface area contributed by atoms with Crippen molar-refractivity contribution < 1.29 is 32.7 Å². The minimum Gasteiger partial charge on any atom is -0.475 e. The summed E-state index contributed by atoms with van der Waals surface area (Å²) in [6.45, 7) is 7.08. The van der Waals surface area contributed by atoms with Gasteiger partial charge in [0.05, 0.1) is 12.0 Å². The lowest BCUT2D eigenvalue weighted by atomic mass is 9.71. The van der Waals surface area contributed by atoms with Crippen LogP contribution in [0.5, 0.6) is 0 Å². The number of carboxylic acids is 1. The second kappa shape index (κ2) is 8.24. The highest BCUT2D eigenvalue weighted by Gasteiger charge is 2.54. The van der Waals surface area contributed by atoms with Crippen LogP contribution in [0.25, 0.3) is 0 Å². The molecule has 0 bridgehead atoms. The molecule has 2 amide bonds. The number of carbonyl (C=O) groups excluding carboxylic acids is 2. The molecule has 0 saturated carbocycles. The van der Waals surface area contributed by atoms with Crippen LogP contribution in [0.2, 0.25) is 0 Å². The molecular formula is C16H26F3N3O4. The zero-order valence-corrected chi connectivity index (χ0v) is 15.5. The number of β-lactam (4-membered cyclic amide) rings is 1. The number of carbonyl (C=O) groups is 3. The van der Waals surface area contributed by atoms with Crippen molar-refractivity contribution in [2.75, 3.05) is 40.3 Å². The summed E-state index contributed by atoms with van der Waals surface area (Å²) in [7, 11) is 3.55. The average Bonchev–Trinajstić information content (AvgIpc) is 2.52. The Bertz CT molecular complexity index is 551. The SMILES string of the molecule is CC(C)N1CC2(CCCN(CC(=O)N(C)C)C2)C1=O.O=C(O)C(F)(F)F. The summed E-state index contributed by atoms with van der Waals surface area (Å²) in [5.41, 5.74) is -0.199. The maximum Gasteiger partial charge on any atom is 0.490 e. The molecule has 0 aromatic rings. The molecular weight excluding hydrogens is 355 g/mol. The van der Waals surface area contributed by atoms with E-state index in [2.05, 4.69) is 18.7 Å². The number of hydrogen-bond acceptors (Lipinski definition) is 4. The smallest absolute Gasteiger partial charge is 0.475 e. The molecule has 2 aliphatic heterocycles. The van der Waals surface area contributed by atoms with Gasteiger partial charge in [-0.2, -0.15) is 13.2 Å². The van der Waals surface area contributed by atoms with Gasteiger partial charge in [0.1, 0.15) is 0 Å². The standard InChI is InChI=1S/C14H25N3O2.C2HF3O2/c1-11(2)17-10-14(13(17)19)6-5-7-16(9-14)8-12(18)15(3)4;3-2(4,5)1(6)7/h11H,5-10H2,1-4H3;(H,6,7). The number of nitrogens with zero attached hydrogens (tertiary/aromatic N) is 3. The maximum atomic E-state index is 12.3. The Hall–Kier alpha value is -1.84. The molecule has 150 valence electrons. The molecule has 7 nitrogen and oxygen atoms in total. The zero-order chi connectivity index (χ0) is 20.3. The van der Waals surface area contributed by atoms with Gasteiger partial charge in [0.15, 0.2) is 0 Å². The Kier molecular flexibility index (Phi) is 7.03. The summed E-state index contributed by atoms with van der Waals surface area (Å²) < 4.78 is 31.7. The van der Waals surface area contributed by atoms with Gasteiger partial charge in [-0.25, -0.2) is 4.79 Å². The van der Waals surface area contributed by atoms with Gasteiger partial charge in [-0.05, 0) is 33.2 Å². The first kappa shape index (κ1) is 22.2. The number of alkyl halides is 3. The van der Waals surface area contributed by atoms with Gasteiger partial charge in [-0.15, -0.1) is 0 Å². The molecule has 0 aromatic carbocycles. The fraction of sp³-hybridized carbons (Fsp3) is 0.812. The predicted molar refractivity (Wildman–Crippen MR) is 87.3 cm³/mol. The van der Waals surface area contributed by atoms with Gasteiger partial charge in [-0.3, -0.25) is 14.5 Å². The summed E-state index contributed by atoms with van der Waals surface area (Å²) in [6.07, 6.45) is -3.10. The normalized spacial score (nSPS) is 23.4. The summed E-state index contributed by atoms with van der Waals surface area (Å²) >= 11 is 0. The van der Waals surface area contributed by atoms with Crippen molar-refractivity contribution in [1.82, 2.24) is 14.7 Å². The molecule has 2 rings (SSSR count). The average molecular weight is 381 g/mol. The molecule has 0 aliphatic carbocycles. The van der Waals surface area contributed by atoms with Crippen LogP contribution in [0.4, 0.5) is 13.2 Å². The first-order valence-electron chi connectivity index (χ1n) is 8.34. The summed E-state index contributed by atoms with van der Waals surface area (Å²) in [6, 6.07) is 0.289. The Balaban J connectivity index is 0.000000412. The third-order valence-electron chi connectivity index (χ3n) is 4.57. The van der Waals surface area contributed by atoms with Crippen molar-refractivity contribution >= 4 is 17.8 Å². The minimum absolute atomic E-state index is 0.115. The highest BCUT2D eigenvalue weighted by Crippen LogP contribution is 2.41. The fourth-order valence-electron chi connectivity index (χ4n) is 3.09. The van der Waals surface area contributed by atoms with E-state index in [1.165, 1.54) is 0 Å². The Morgan fingerprint density at radius 3 is 2.19 bits per heavy atom. The van der Waals surface area contributed by atoms with Crippen LogP contribution in [-0.4, -0.2) is 90.1 Å². The molecule has 26 heavy (non-hydrogen) atoms. The maximum absolute atomic E-state index is 12.3. The Labute approximate surface area is 150 Å². The Morgan fingerprint density at radius 1 is 1.27 bits per heavy atom. The predicted octanol–water partition coefficient (Wildman–Crippen LogP) is 1.04. The van der Waals surface area contributed by atoms with E-state index < -0.39 is 12.1 Å². The lowest BCUT2D eigenvalue weighted by molar-refractivity contribution is -0.192. The molecule has 2 heterocycles. The van der Waals surface area contributed by atoms with Crippen LogP contribution in [0.3, 0.4) is 0 Å². The molecule has 0 aromatic heterocycles. The van der Waals surface area contributed by atoms with Gasteiger partial charge < -0.3 is 14.9 Å². The zero-order valence-electron chi connectivity index (χ0n) is 15.5. The third kappa shape index (κ3) is 5.33. The lowest BCUT2D eigenvalue weighted by Crippen LogP contribution is -2.68. The number of hydrogen-bond donors (Lipinski definition) is 1. The summed E-state index contributed by atoms with van der Waals surface area (Å²) in [5.74, 6) is -2.36. The molecule has 0 radical (unpaired) electrons. The first-order valence-corrected chi connectivity index (χ1v) is 8.34. The first-order chi connectivity index (χ1) is 11.8. The number of aliphatic carboxylic acids is 1. The van der Waals surface area contributed by atoms with Gasteiger partial charge >= 0.3 is 12.1 Å². The van der Waals surface area contributed by atoms with Crippen LogP contribution in [-0.2, 0) is 14.4 Å². The monoisotopic (exact) mass is 381 g/mol. The van der Waals surface area contributed by atoms with Crippen molar-refractivity contribution in [3.63, 3.8) is 0 Å². The molecule has 2 fully saturated rings. The van der Waals surface area contributed by atoms with Gasteiger partial charge in [0.2, 0.25) is 11.8 Å². The van der Waals surface area contributed by atoms with E-state index in [9.17, 15) is 22.8 Å². The summed E-state index contributed by atoms with van der Waals surface area (Å²) in [5, 5.41) is 7.12. The van der Waals surface area contributed by atoms with E-state index in [-0.39, 0.29) is 23.3 Å². The van der Waals surface area contributed by atoms with Crippen LogP contribution in [0, 0.1) is 5.41 Å². The minimum atomic E-state index is -5.08. The third-order valence-corrected chi connectivity index (χ3v) is 4.57. The molecule has 2 saturated heterocycles. The van der Waals surface area contributed by atoms with Crippen LogP contribution >= 0.6 is 0 Å². The highest BCUT2D eigenvalue weighted by atomic mass is 19.4. The van der Waals surface area contributed by atoms with Crippen molar-refractivity contribution in [2.45, 2.75) is 38.9 Å². The van der Waals surface area contributed by atoms with Gasteiger partial charge in [0, 0.05) is 33.2 Å². The number of likely N-dealkylation sites (tertiary alicyclic amines) is 2. The second-order valence-electron chi connectivity index (χ2n) is 7.21. The largest absolute Gasteiger partial charge is 0.490 e. The van der Waals surface area contributed by atoms with E-state index in [1.54, 1.807) is 19.0 Å². The van der Waals surface area contributed by atoms with E-state index in [4.69, 9.17) is 9.90 Å². The van der Waals surface area contributed by atoms with E-state index in [0.29, 0.717) is 6.54 Å². The van der Waals surface area contributed by atoms with Crippen LogP contribution in [0.1, 0.15) is 26.7 Å². The molecule has 2 aliphatic rings. The fourth-order valence-corrected chi connectivity index (χ4v) is 3.09. The molecule has 1 atom stereocenters. The van der Waals surface area contributed by atoms with Crippen molar-refractivity contribution in [3.8, 4) is 0 Å².